The first-order valence-corrected chi connectivity index (χ1v) is 11.6. The number of benzene rings is 3. The van der Waals surface area contributed by atoms with Crippen molar-refractivity contribution in [3.8, 4) is 16.9 Å². The van der Waals surface area contributed by atoms with Crippen molar-refractivity contribution in [2.45, 2.75) is 19.3 Å². The van der Waals surface area contributed by atoms with Crippen LogP contribution in [-0.4, -0.2) is 40.5 Å². The van der Waals surface area contributed by atoms with E-state index in [4.69, 9.17) is 21.4 Å². The first-order chi connectivity index (χ1) is 16.5. The number of ether oxygens (including phenoxy) is 1. The van der Waals surface area contributed by atoms with Crippen molar-refractivity contribution in [1.29, 1.82) is 0 Å². The minimum atomic E-state index is -0.454. The summed E-state index contributed by atoms with van der Waals surface area (Å²) >= 11 is 6.47. The highest BCUT2D eigenvalue weighted by atomic mass is 35.5. The van der Waals surface area contributed by atoms with Crippen LogP contribution in [0.1, 0.15) is 29.6 Å². The van der Waals surface area contributed by atoms with Gasteiger partial charge in [-0.05, 0) is 55.3 Å². The number of hydrogen-bond donors (Lipinski definition) is 1. The highest BCUT2D eigenvalue weighted by Gasteiger charge is 2.34. The predicted octanol–water partition coefficient (Wildman–Crippen LogP) is 5.85. The number of aromatic nitrogens is 2. The van der Waals surface area contributed by atoms with E-state index in [1.807, 2.05) is 30.3 Å². The quantitative estimate of drug-likeness (QED) is 0.353. The van der Waals surface area contributed by atoms with Gasteiger partial charge in [0.15, 0.2) is 5.78 Å². The molecule has 5 nitrogen and oxygen atoms in total. The molecule has 0 atom stereocenters. The summed E-state index contributed by atoms with van der Waals surface area (Å²) in [6.07, 6.45) is 1.56. The van der Waals surface area contributed by atoms with Gasteiger partial charge in [0.05, 0.1) is 16.2 Å². The Labute approximate surface area is 201 Å². The second-order valence-corrected chi connectivity index (χ2v) is 9.23. The molecular weight excluding hydrogens is 455 g/mol. The van der Waals surface area contributed by atoms with Crippen molar-refractivity contribution in [3.63, 3.8) is 0 Å². The van der Waals surface area contributed by atoms with Crippen LogP contribution < -0.4 is 0 Å². The molecule has 3 aromatic carbocycles. The molecule has 0 aliphatic carbocycles. The number of aliphatic hydroxyl groups excluding tert-OH is 1. The number of rotatable bonds is 6. The number of fused-ring (bicyclic) bond motifs is 1. The number of hydrogen-bond acceptors (Lipinski definition) is 4. The molecule has 0 amide bonds. The van der Waals surface area contributed by atoms with E-state index < -0.39 is 5.41 Å². The number of halogens is 2. The van der Waals surface area contributed by atoms with Crippen LogP contribution in [-0.2, 0) is 4.74 Å². The van der Waals surface area contributed by atoms with Crippen molar-refractivity contribution in [3.05, 3.63) is 83.1 Å². The van der Waals surface area contributed by atoms with Gasteiger partial charge < -0.3 is 9.84 Å². The smallest absolute Gasteiger partial charge is 0.163 e. The van der Waals surface area contributed by atoms with Crippen LogP contribution in [0.4, 0.5) is 4.39 Å². The van der Waals surface area contributed by atoms with Crippen molar-refractivity contribution in [2.75, 3.05) is 19.8 Å². The summed E-state index contributed by atoms with van der Waals surface area (Å²) in [4.78, 5) is 13.3. The maximum atomic E-state index is 13.6. The fourth-order valence-electron chi connectivity index (χ4n) is 4.56. The van der Waals surface area contributed by atoms with Crippen LogP contribution in [0.25, 0.3) is 27.8 Å². The first kappa shape index (κ1) is 22.7. The molecule has 0 unspecified atom stereocenters. The van der Waals surface area contributed by atoms with Gasteiger partial charge in [0.2, 0.25) is 0 Å². The molecule has 7 heteroatoms. The van der Waals surface area contributed by atoms with Gasteiger partial charge in [-0.25, -0.2) is 9.07 Å². The molecule has 0 saturated carbocycles. The Morgan fingerprint density at radius 3 is 2.53 bits per heavy atom. The van der Waals surface area contributed by atoms with Crippen LogP contribution in [0.3, 0.4) is 0 Å². The lowest BCUT2D eigenvalue weighted by molar-refractivity contribution is -0.0173. The molecule has 2 heterocycles. The predicted molar refractivity (Wildman–Crippen MR) is 130 cm³/mol. The molecule has 4 aromatic rings. The molecule has 0 radical (unpaired) electrons. The van der Waals surface area contributed by atoms with Crippen LogP contribution in [0.5, 0.6) is 0 Å². The lowest BCUT2D eigenvalue weighted by Gasteiger charge is -2.34. The van der Waals surface area contributed by atoms with Crippen molar-refractivity contribution in [1.82, 2.24) is 9.78 Å². The minimum absolute atomic E-state index is 0.0380. The normalized spacial score (nSPS) is 15.5. The zero-order valence-electron chi connectivity index (χ0n) is 18.5. The molecule has 34 heavy (non-hydrogen) atoms. The summed E-state index contributed by atoms with van der Waals surface area (Å²) in [6, 6.07) is 19.0. The van der Waals surface area contributed by atoms with Gasteiger partial charge in [-0.15, -0.1) is 0 Å². The van der Waals surface area contributed by atoms with Gasteiger partial charge in [-0.2, -0.15) is 5.10 Å². The van der Waals surface area contributed by atoms with Crippen LogP contribution in [0.15, 0.2) is 66.7 Å². The minimum Gasteiger partial charge on any atom is -0.396 e. The highest BCUT2D eigenvalue weighted by molar-refractivity contribution is 6.33. The van der Waals surface area contributed by atoms with E-state index in [9.17, 15) is 14.3 Å². The largest absolute Gasteiger partial charge is 0.396 e. The van der Waals surface area contributed by atoms with Crippen LogP contribution in [0.2, 0.25) is 5.02 Å². The summed E-state index contributed by atoms with van der Waals surface area (Å²) in [5.74, 6) is -0.378. The average molecular weight is 479 g/mol. The number of Topliss-reactive ketones (excluding diaryl/α,β-unsaturated/α-hetero) is 1. The Balaban J connectivity index is 1.61. The molecule has 1 aliphatic heterocycles. The summed E-state index contributed by atoms with van der Waals surface area (Å²) in [5, 5.41) is 16.2. The Morgan fingerprint density at radius 1 is 1.09 bits per heavy atom. The summed E-state index contributed by atoms with van der Waals surface area (Å²) in [5.41, 5.74) is 2.93. The van der Waals surface area contributed by atoms with Gasteiger partial charge in [-0.1, -0.05) is 35.9 Å². The van der Waals surface area contributed by atoms with E-state index in [-0.39, 0.29) is 24.6 Å². The maximum Gasteiger partial charge on any atom is 0.163 e. The molecule has 0 spiro atoms. The number of nitrogens with zero attached hydrogens (tertiary/aromatic N) is 2. The fraction of sp³-hybridized carbons (Fsp3) is 0.259. The van der Waals surface area contributed by atoms with Crippen LogP contribution in [0, 0.1) is 11.2 Å². The molecule has 1 aliphatic rings. The van der Waals surface area contributed by atoms with Gasteiger partial charge in [-0.3, -0.25) is 4.79 Å². The first-order valence-electron chi connectivity index (χ1n) is 11.3. The molecule has 174 valence electrons. The summed E-state index contributed by atoms with van der Waals surface area (Å²) < 4.78 is 20.7. The van der Waals surface area contributed by atoms with Crippen molar-refractivity contribution in [2.24, 2.45) is 5.41 Å². The number of carbonyl (C=O) groups excluding carboxylic acids is 1. The Kier molecular flexibility index (Phi) is 6.21. The molecule has 1 fully saturated rings. The monoisotopic (exact) mass is 478 g/mol. The summed E-state index contributed by atoms with van der Waals surface area (Å²) in [7, 11) is 0. The van der Waals surface area contributed by atoms with Gasteiger partial charge >= 0.3 is 0 Å². The Bertz CT molecular complexity index is 1340. The highest BCUT2D eigenvalue weighted by Crippen LogP contribution is 2.37. The Morgan fingerprint density at radius 2 is 1.82 bits per heavy atom. The average Bonchev–Trinajstić information content (AvgIpc) is 3.24. The van der Waals surface area contributed by atoms with Crippen molar-refractivity contribution < 1.29 is 19.0 Å². The van der Waals surface area contributed by atoms with E-state index in [1.54, 1.807) is 28.9 Å². The SMILES string of the molecule is O=C(CC1(CO)CCOCC1)c1ccc2c(-c3ccccc3Cl)nn(-c3ccc(F)cc3)c2c1. The van der Waals surface area contributed by atoms with E-state index in [0.29, 0.717) is 48.0 Å². The van der Waals surface area contributed by atoms with E-state index >= 15 is 0 Å². The van der Waals surface area contributed by atoms with E-state index in [2.05, 4.69) is 0 Å². The zero-order valence-corrected chi connectivity index (χ0v) is 19.3. The zero-order chi connectivity index (χ0) is 23.7. The van der Waals surface area contributed by atoms with Gasteiger partial charge in [0.25, 0.3) is 0 Å². The third-order valence-corrected chi connectivity index (χ3v) is 6.96. The standard InChI is InChI=1S/C27H24ClFN2O3/c28-23-4-2-1-3-21(23)26-22-10-5-18(25(33)16-27(17-32)11-13-34-14-12-27)15-24(22)31(30-26)20-8-6-19(29)7-9-20/h1-10,15,32H,11-14,16-17H2. The number of aliphatic hydroxyl groups is 1. The molecule has 1 N–H and O–H groups in total. The molecule has 0 bridgehead atoms. The Hall–Kier alpha value is -3.06. The third kappa shape index (κ3) is 4.25. The molecular formula is C27H24ClFN2O3. The topological polar surface area (TPSA) is 64.3 Å². The summed E-state index contributed by atoms with van der Waals surface area (Å²) in [6.45, 7) is 1.05. The van der Waals surface area contributed by atoms with Gasteiger partial charge in [0, 0.05) is 48.2 Å². The molecule has 1 aromatic heterocycles. The fourth-order valence-corrected chi connectivity index (χ4v) is 4.78. The molecule has 5 rings (SSSR count). The van der Waals surface area contributed by atoms with Crippen LogP contribution >= 0.6 is 11.6 Å². The molecule has 1 saturated heterocycles. The second kappa shape index (κ2) is 9.29. The van der Waals surface area contributed by atoms with E-state index in [0.717, 1.165) is 16.5 Å². The van der Waals surface area contributed by atoms with Gasteiger partial charge in [0.1, 0.15) is 11.5 Å². The third-order valence-electron chi connectivity index (χ3n) is 6.63. The second-order valence-electron chi connectivity index (χ2n) is 8.82. The lowest BCUT2D eigenvalue weighted by atomic mass is 9.76. The maximum absolute atomic E-state index is 13.6. The number of carbonyl (C=O) groups is 1. The number of ketones is 1. The van der Waals surface area contributed by atoms with E-state index in [1.165, 1.54) is 12.1 Å². The lowest BCUT2D eigenvalue weighted by Crippen LogP contribution is -2.35. The van der Waals surface area contributed by atoms with Crippen molar-refractivity contribution >= 4 is 28.3 Å².